The fraction of sp³-hybridized carbons (Fsp3) is 0.381. The van der Waals surface area contributed by atoms with E-state index in [1.807, 2.05) is 18.2 Å². The quantitative estimate of drug-likeness (QED) is 0.726. The minimum absolute atomic E-state index is 0.0705. The highest BCUT2D eigenvalue weighted by molar-refractivity contribution is 7.89. The van der Waals surface area contributed by atoms with Crippen LogP contribution in [0.3, 0.4) is 0 Å². The van der Waals surface area contributed by atoms with Crippen LogP contribution in [0.5, 0.6) is 0 Å². The molecule has 0 radical (unpaired) electrons. The van der Waals surface area contributed by atoms with Crippen molar-refractivity contribution in [3.8, 4) is 0 Å². The number of amides is 1. The number of piperidine rings is 1. The minimum atomic E-state index is -3.73. The molecule has 1 amide bonds. The second-order valence-corrected chi connectivity index (χ2v) is 9.80. The molecular weight excluding hydrogens is 410 g/mol. The average Bonchev–Trinajstić information content (AvgIpc) is 2.70. The maximum Gasteiger partial charge on any atom is 0.243 e. The first kappa shape index (κ1) is 21.8. The summed E-state index contributed by atoms with van der Waals surface area (Å²) in [6, 6.07) is 16.3. The molecule has 156 valence electrons. The van der Waals surface area contributed by atoms with Crippen molar-refractivity contribution in [2.24, 2.45) is 0 Å². The van der Waals surface area contributed by atoms with Crippen molar-refractivity contribution in [2.75, 3.05) is 26.7 Å². The van der Waals surface area contributed by atoms with Crippen LogP contribution in [-0.2, 0) is 21.4 Å². The Hall–Kier alpha value is -1.93. The van der Waals surface area contributed by atoms with Gasteiger partial charge in [-0.15, -0.1) is 0 Å². The Morgan fingerprint density at radius 3 is 2.34 bits per heavy atom. The first-order valence-electron chi connectivity index (χ1n) is 9.62. The van der Waals surface area contributed by atoms with Crippen LogP contribution in [-0.4, -0.2) is 56.3 Å². The number of carbonyl (C=O) groups is 1. The van der Waals surface area contributed by atoms with E-state index in [9.17, 15) is 13.2 Å². The minimum Gasteiger partial charge on any atom is -0.352 e. The van der Waals surface area contributed by atoms with Gasteiger partial charge in [0.1, 0.15) is 0 Å². The van der Waals surface area contributed by atoms with Crippen LogP contribution >= 0.6 is 11.6 Å². The Bertz CT molecular complexity index is 912. The van der Waals surface area contributed by atoms with Crippen molar-refractivity contribution >= 4 is 27.5 Å². The smallest absolute Gasteiger partial charge is 0.243 e. The van der Waals surface area contributed by atoms with Crippen molar-refractivity contribution in [2.45, 2.75) is 30.3 Å². The largest absolute Gasteiger partial charge is 0.352 e. The molecule has 0 aliphatic carbocycles. The fourth-order valence-corrected chi connectivity index (χ4v) is 4.68. The van der Waals surface area contributed by atoms with Crippen LogP contribution in [0.2, 0.25) is 5.02 Å². The molecule has 2 aromatic rings. The number of nitrogens with zero attached hydrogens (tertiary/aromatic N) is 2. The second-order valence-electron chi connectivity index (χ2n) is 7.32. The van der Waals surface area contributed by atoms with Gasteiger partial charge in [-0.2, -0.15) is 4.31 Å². The Morgan fingerprint density at radius 1 is 1.10 bits per heavy atom. The summed E-state index contributed by atoms with van der Waals surface area (Å²) >= 11 is 5.81. The molecule has 1 N–H and O–H groups in total. The van der Waals surface area contributed by atoms with Gasteiger partial charge in [-0.25, -0.2) is 8.42 Å². The predicted octanol–water partition coefficient (Wildman–Crippen LogP) is 2.74. The first-order valence-corrected chi connectivity index (χ1v) is 11.4. The Balaban J connectivity index is 1.46. The number of nitrogens with one attached hydrogen (secondary N) is 1. The third-order valence-corrected chi connectivity index (χ3v) is 7.16. The number of sulfonamides is 1. The Morgan fingerprint density at radius 2 is 1.72 bits per heavy atom. The summed E-state index contributed by atoms with van der Waals surface area (Å²) in [5.74, 6) is -0.286. The molecule has 2 aromatic carbocycles. The first-order chi connectivity index (χ1) is 13.8. The lowest BCUT2D eigenvalue weighted by Gasteiger charge is -2.32. The van der Waals surface area contributed by atoms with Crippen LogP contribution in [0.1, 0.15) is 18.4 Å². The van der Waals surface area contributed by atoms with Crippen LogP contribution in [0, 0.1) is 0 Å². The monoisotopic (exact) mass is 435 g/mol. The van der Waals surface area contributed by atoms with Crippen molar-refractivity contribution in [3.05, 3.63) is 65.2 Å². The van der Waals surface area contributed by atoms with E-state index in [2.05, 4.69) is 22.3 Å². The standard InChI is InChI=1S/C21H26ClN3O3S/c1-24(29(27,28)20-9-7-18(22)8-10-20)16-21(26)23-19-11-13-25(14-12-19)15-17-5-3-2-4-6-17/h2-10,19H,11-16H2,1H3,(H,23,26). The van der Waals surface area contributed by atoms with Gasteiger partial charge < -0.3 is 5.32 Å². The molecule has 0 bridgehead atoms. The summed E-state index contributed by atoms with van der Waals surface area (Å²) in [5, 5.41) is 3.44. The van der Waals surface area contributed by atoms with Crippen LogP contribution in [0.25, 0.3) is 0 Å². The van der Waals surface area contributed by atoms with Crippen LogP contribution in [0.15, 0.2) is 59.5 Å². The molecule has 1 heterocycles. The second kappa shape index (κ2) is 9.71. The van der Waals surface area contributed by atoms with E-state index in [0.717, 1.165) is 36.8 Å². The molecule has 0 unspecified atom stereocenters. The van der Waals surface area contributed by atoms with Crippen molar-refractivity contribution in [1.29, 1.82) is 0 Å². The number of benzene rings is 2. The van der Waals surface area contributed by atoms with Gasteiger partial charge in [-0.05, 0) is 42.7 Å². The summed E-state index contributed by atoms with van der Waals surface area (Å²) in [7, 11) is -2.32. The zero-order chi connectivity index (χ0) is 20.9. The number of halogens is 1. The normalized spacial score (nSPS) is 16.1. The number of likely N-dealkylation sites (N-methyl/N-ethyl adjacent to an activating group) is 1. The highest BCUT2D eigenvalue weighted by Gasteiger charge is 2.25. The molecule has 1 aliphatic heterocycles. The maximum absolute atomic E-state index is 12.6. The third kappa shape index (κ3) is 6.02. The van der Waals surface area contributed by atoms with Gasteiger partial charge in [0.05, 0.1) is 11.4 Å². The Labute approximate surface area is 177 Å². The van der Waals surface area contributed by atoms with Gasteiger partial charge in [-0.3, -0.25) is 9.69 Å². The SMILES string of the molecule is CN(CC(=O)NC1CCN(Cc2ccccc2)CC1)S(=O)(=O)c1ccc(Cl)cc1. The molecule has 0 atom stereocenters. The molecule has 1 fully saturated rings. The molecule has 1 saturated heterocycles. The lowest BCUT2D eigenvalue weighted by Crippen LogP contribution is -2.47. The van der Waals surface area contributed by atoms with Crippen LogP contribution < -0.4 is 5.32 Å². The maximum atomic E-state index is 12.6. The molecule has 0 aromatic heterocycles. The van der Waals surface area contributed by atoms with Gasteiger partial charge >= 0.3 is 0 Å². The zero-order valence-corrected chi connectivity index (χ0v) is 18.0. The number of hydrogen-bond donors (Lipinski definition) is 1. The lowest BCUT2D eigenvalue weighted by molar-refractivity contribution is -0.122. The van der Waals surface area contributed by atoms with Crippen molar-refractivity contribution in [1.82, 2.24) is 14.5 Å². The summed E-state index contributed by atoms with van der Waals surface area (Å²) in [5.41, 5.74) is 1.28. The van der Waals surface area contributed by atoms with Gasteiger partial charge in [0, 0.05) is 37.7 Å². The number of carbonyl (C=O) groups excluding carboxylic acids is 1. The van der Waals surface area contributed by atoms with E-state index < -0.39 is 10.0 Å². The van der Waals surface area contributed by atoms with Crippen LogP contribution in [0.4, 0.5) is 0 Å². The average molecular weight is 436 g/mol. The van der Waals surface area contributed by atoms with Gasteiger partial charge in [0.2, 0.25) is 15.9 Å². The van der Waals surface area contributed by atoms with Gasteiger partial charge in [0.25, 0.3) is 0 Å². The van der Waals surface area contributed by atoms with E-state index in [-0.39, 0.29) is 23.4 Å². The van der Waals surface area contributed by atoms with E-state index in [1.54, 1.807) is 0 Å². The molecule has 29 heavy (non-hydrogen) atoms. The molecule has 3 rings (SSSR count). The molecule has 8 heteroatoms. The van der Waals surface area contributed by atoms with E-state index >= 15 is 0 Å². The van der Waals surface area contributed by atoms with E-state index in [0.29, 0.717) is 5.02 Å². The highest BCUT2D eigenvalue weighted by Crippen LogP contribution is 2.18. The predicted molar refractivity (Wildman–Crippen MR) is 114 cm³/mol. The Kier molecular flexibility index (Phi) is 7.29. The number of likely N-dealkylation sites (tertiary alicyclic amines) is 1. The fourth-order valence-electron chi connectivity index (χ4n) is 3.42. The summed E-state index contributed by atoms with van der Waals surface area (Å²) in [6.07, 6.45) is 1.71. The number of rotatable bonds is 7. The van der Waals surface area contributed by atoms with Gasteiger partial charge in [-0.1, -0.05) is 41.9 Å². The molecule has 0 saturated carbocycles. The molecular formula is C21H26ClN3O3S. The summed E-state index contributed by atoms with van der Waals surface area (Å²) in [4.78, 5) is 14.9. The molecule has 6 nitrogen and oxygen atoms in total. The van der Waals surface area contributed by atoms with E-state index in [1.165, 1.54) is 36.9 Å². The highest BCUT2D eigenvalue weighted by atomic mass is 35.5. The van der Waals surface area contributed by atoms with Crippen molar-refractivity contribution in [3.63, 3.8) is 0 Å². The zero-order valence-electron chi connectivity index (χ0n) is 16.4. The molecule has 1 aliphatic rings. The lowest BCUT2D eigenvalue weighted by atomic mass is 10.0. The third-order valence-electron chi connectivity index (χ3n) is 5.09. The summed E-state index contributed by atoms with van der Waals surface area (Å²) < 4.78 is 26.2. The van der Waals surface area contributed by atoms with Crippen molar-refractivity contribution < 1.29 is 13.2 Å². The molecule has 0 spiro atoms. The van der Waals surface area contributed by atoms with Gasteiger partial charge in [0.15, 0.2) is 0 Å². The topological polar surface area (TPSA) is 69.7 Å². The summed E-state index contributed by atoms with van der Waals surface area (Å²) in [6.45, 7) is 2.50. The van der Waals surface area contributed by atoms with E-state index in [4.69, 9.17) is 11.6 Å². The number of hydrogen-bond acceptors (Lipinski definition) is 4.